The summed E-state index contributed by atoms with van der Waals surface area (Å²) in [5.41, 5.74) is 2.04. The molecule has 1 heterocycles. The van der Waals surface area contributed by atoms with Crippen LogP contribution in [0.1, 0.15) is 55.1 Å². The van der Waals surface area contributed by atoms with Gasteiger partial charge in [-0.05, 0) is 61.5 Å². The van der Waals surface area contributed by atoms with Crippen LogP contribution < -0.4 is 10.6 Å². The smallest absolute Gasteiger partial charge is 0.253 e. The van der Waals surface area contributed by atoms with E-state index >= 15 is 0 Å². The molecule has 1 fully saturated rings. The van der Waals surface area contributed by atoms with Gasteiger partial charge < -0.3 is 10.6 Å². The van der Waals surface area contributed by atoms with Crippen molar-refractivity contribution in [1.82, 2.24) is 15.3 Å². The summed E-state index contributed by atoms with van der Waals surface area (Å²) in [6, 6.07) is 7.28. The Kier molecular flexibility index (Phi) is 6.91. The third kappa shape index (κ3) is 5.56. The normalized spacial score (nSPS) is 16.0. The number of halogens is 2. The van der Waals surface area contributed by atoms with Crippen molar-refractivity contribution in [2.45, 2.75) is 51.6 Å². The Morgan fingerprint density at radius 1 is 1.22 bits per heavy atom. The minimum absolute atomic E-state index is 0.133. The first kappa shape index (κ1) is 19.9. The van der Waals surface area contributed by atoms with Crippen LogP contribution in [0.4, 0.5) is 5.69 Å². The summed E-state index contributed by atoms with van der Waals surface area (Å²) in [5, 5.41) is 7.02. The number of hydrogen-bond donors (Lipinski definition) is 2. The Labute approximate surface area is 169 Å². The van der Waals surface area contributed by atoms with Crippen LogP contribution in [0.5, 0.6) is 0 Å². The van der Waals surface area contributed by atoms with Gasteiger partial charge in [0, 0.05) is 17.9 Å². The molecule has 0 spiro atoms. The quantitative estimate of drug-likeness (QED) is 0.655. The van der Waals surface area contributed by atoms with Gasteiger partial charge in [-0.2, -0.15) is 0 Å². The Bertz CT molecular complexity index is 793. The molecule has 0 aliphatic heterocycles. The second-order valence-corrected chi connectivity index (χ2v) is 7.77. The molecule has 1 aromatic heterocycles. The Hall–Kier alpha value is -1.85. The third-order valence-electron chi connectivity index (χ3n) is 5.08. The standard InChI is InChI=1S/C20H24Cl2N4O/c1-13(14-5-3-2-4-6-14)25-19(27)17-11-15(7-8-18(17)21)24-12-16-9-10-23-20(22)26-16/h7-11,13-14,24H,2-6,12H2,1H3,(H,25,27)/t13-/m1/s1. The molecule has 0 radical (unpaired) electrons. The Morgan fingerprint density at radius 2 is 2.00 bits per heavy atom. The molecule has 2 N–H and O–H groups in total. The molecule has 0 unspecified atom stereocenters. The van der Waals surface area contributed by atoms with Crippen LogP contribution in [0.15, 0.2) is 30.5 Å². The zero-order chi connectivity index (χ0) is 19.2. The number of nitrogens with one attached hydrogen (secondary N) is 2. The summed E-state index contributed by atoms with van der Waals surface area (Å²) in [6.07, 6.45) is 7.76. The van der Waals surface area contributed by atoms with Crippen LogP contribution in [0, 0.1) is 5.92 Å². The van der Waals surface area contributed by atoms with Gasteiger partial charge in [0.1, 0.15) is 0 Å². The highest BCUT2D eigenvalue weighted by Gasteiger charge is 2.22. The van der Waals surface area contributed by atoms with Gasteiger partial charge in [0.2, 0.25) is 5.28 Å². The van der Waals surface area contributed by atoms with Gasteiger partial charge in [0.05, 0.1) is 22.8 Å². The molecule has 5 nitrogen and oxygen atoms in total. The highest BCUT2D eigenvalue weighted by atomic mass is 35.5. The van der Waals surface area contributed by atoms with Crippen LogP contribution >= 0.6 is 23.2 Å². The lowest BCUT2D eigenvalue weighted by Gasteiger charge is -2.28. The molecule has 3 rings (SSSR count). The van der Waals surface area contributed by atoms with Crippen LogP contribution in [-0.4, -0.2) is 21.9 Å². The van der Waals surface area contributed by atoms with E-state index < -0.39 is 0 Å². The molecule has 1 aliphatic rings. The molecule has 1 aliphatic carbocycles. The lowest BCUT2D eigenvalue weighted by Crippen LogP contribution is -2.39. The third-order valence-corrected chi connectivity index (χ3v) is 5.60. The maximum absolute atomic E-state index is 12.7. The molecular formula is C20H24Cl2N4O. The number of anilines is 1. The first-order chi connectivity index (χ1) is 13.0. The van der Waals surface area contributed by atoms with Crippen LogP contribution in [0.3, 0.4) is 0 Å². The van der Waals surface area contributed by atoms with Crippen LogP contribution in [0.25, 0.3) is 0 Å². The highest BCUT2D eigenvalue weighted by molar-refractivity contribution is 6.34. The first-order valence-corrected chi connectivity index (χ1v) is 10.1. The number of amides is 1. The van der Waals surface area contributed by atoms with Crippen molar-refractivity contribution in [2.75, 3.05) is 5.32 Å². The Balaban J connectivity index is 1.64. The molecule has 1 saturated carbocycles. The van der Waals surface area contributed by atoms with Crippen LogP contribution in [-0.2, 0) is 6.54 Å². The highest BCUT2D eigenvalue weighted by Crippen LogP contribution is 2.27. The molecule has 1 atom stereocenters. The van der Waals surface area contributed by atoms with E-state index in [0.717, 1.165) is 11.4 Å². The van der Waals surface area contributed by atoms with E-state index in [0.29, 0.717) is 23.0 Å². The fourth-order valence-corrected chi connectivity index (χ4v) is 3.87. The summed E-state index contributed by atoms with van der Waals surface area (Å²) >= 11 is 12.1. The molecule has 144 valence electrons. The zero-order valence-electron chi connectivity index (χ0n) is 15.3. The molecule has 0 bridgehead atoms. The van der Waals surface area contributed by atoms with E-state index in [4.69, 9.17) is 23.2 Å². The molecule has 0 saturated heterocycles. The van der Waals surface area contributed by atoms with E-state index in [-0.39, 0.29) is 17.2 Å². The van der Waals surface area contributed by atoms with E-state index in [1.54, 1.807) is 24.4 Å². The number of carbonyl (C=O) groups is 1. The molecule has 1 aromatic carbocycles. The fourth-order valence-electron chi connectivity index (χ4n) is 3.51. The maximum atomic E-state index is 12.7. The van der Waals surface area contributed by atoms with E-state index in [2.05, 4.69) is 27.5 Å². The van der Waals surface area contributed by atoms with Gasteiger partial charge in [-0.3, -0.25) is 4.79 Å². The van der Waals surface area contributed by atoms with Crippen molar-refractivity contribution in [2.24, 2.45) is 5.92 Å². The number of carbonyl (C=O) groups excluding carboxylic acids is 1. The van der Waals surface area contributed by atoms with Gasteiger partial charge >= 0.3 is 0 Å². The topological polar surface area (TPSA) is 66.9 Å². The largest absolute Gasteiger partial charge is 0.379 e. The maximum Gasteiger partial charge on any atom is 0.253 e. The number of nitrogens with zero attached hydrogens (tertiary/aromatic N) is 2. The lowest BCUT2D eigenvalue weighted by atomic mass is 9.84. The molecule has 7 heteroatoms. The van der Waals surface area contributed by atoms with Crippen molar-refractivity contribution in [3.05, 3.63) is 52.0 Å². The molecule has 2 aromatic rings. The minimum atomic E-state index is -0.133. The number of hydrogen-bond acceptors (Lipinski definition) is 4. The van der Waals surface area contributed by atoms with E-state index in [1.165, 1.54) is 32.1 Å². The van der Waals surface area contributed by atoms with Gasteiger partial charge in [0.15, 0.2) is 0 Å². The first-order valence-electron chi connectivity index (χ1n) is 9.34. The van der Waals surface area contributed by atoms with E-state index in [9.17, 15) is 4.79 Å². The van der Waals surface area contributed by atoms with Gasteiger partial charge in [0.25, 0.3) is 5.91 Å². The summed E-state index contributed by atoms with van der Waals surface area (Å²) in [6.45, 7) is 2.56. The average Bonchev–Trinajstić information content (AvgIpc) is 2.68. The fraction of sp³-hybridized carbons (Fsp3) is 0.450. The monoisotopic (exact) mass is 406 g/mol. The van der Waals surface area contributed by atoms with Crippen molar-refractivity contribution < 1.29 is 4.79 Å². The molecular weight excluding hydrogens is 383 g/mol. The molecule has 27 heavy (non-hydrogen) atoms. The van der Waals surface area contributed by atoms with Crippen molar-refractivity contribution in [3.63, 3.8) is 0 Å². The van der Waals surface area contributed by atoms with Gasteiger partial charge in [-0.1, -0.05) is 30.9 Å². The van der Waals surface area contributed by atoms with Crippen LogP contribution in [0.2, 0.25) is 10.3 Å². The number of benzene rings is 1. The summed E-state index contributed by atoms with van der Waals surface area (Å²) in [7, 11) is 0. The Morgan fingerprint density at radius 3 is 2.74 bits per heavy atom. The summed E-state index contributed by atoms with van der Waals surface area (Å²) < 4.78 is 0. The van der Waals surface area contributed by atoms with Crippen molar-refractivity contribution in [3.8, 4) is 0 Å². The minimum Gasteiger partial charge on any atom is -0.379 e. The lowest BCUT2D eigenvalue weighted by molar-refractivity contribution is 0.0919. The SMILES string of the molecule is C[C@@H](NC(=O)c1cc(NCc2ccnc(Cl)n2)ccc1Cl)C1CCCCC1. The zero-order valence-corrected chi connectivity index (χ0v) is 16.9. The van der Waals surface area contributed by atoms with Gasteiger partial charge in [-0.15, -0.1) is 0 Å². The second-order valence-electron chi connectivity index (χ2n) is 7.03. The second kappa shape index (κ2) is 9.38. The number of aromatic nitrogens is 2. The number of rotatable bonds is 6. The van der Waals surface area contributed by atoms with Crippen molar-refractivity contribution in [1.29, 1.82) is 0 Å². The van der Waals surface area contributed by atoms with Gasteiger partial charge in [-0.25, -0.2) is 9.97 Å². The van der Waals surface area contributed by atoms with E-state index in [1.807, 2.05) is 6.07 Å². The molecule has 1 amide bonds. The summed E-state index contributed by atoms with van der Waals surface area (Å²) in [5.74, 6) is 0.414. The summed E-state index contributed by atoms with van der Waals surface area (Å²) in [4.78, 5) is 20.7. The van der Waals surface area contributed by atoms with Crippen molar-refractivity contribution >= 4 is 34.8 Å². The average molecular weight is 407 g/mol. The predicted molar refractivity (Wildman–Crippen MR) is 109 cm³/mol. The predicted octanol–water partition coefficient (Wildman–Crippen LogP) is 5.09.